The molecule has 2 aromatic rings. The first kappa shape index (κ1) is 14.9. The van der Waals surface area contributed by atoms with E-state index in [0.717, 1.165) is 5.75 Å². The Morgan fingerprint density at radius 3 is 2.90 bits per heavy atom. The number of benzene rings is 1. The van der Waals surface area contributed by atoms with Crippen molar-refractivity contribution in [2.24, 2.45) is 0 Å². The van der Waals surface area contributed by atoms with Gasteiger partial charge in [0.05, 0.1) is 11.3 Å². The van der Waals surface area contributed by atoms with Crippen LogP contribution in [0.4, 0.5) is 0 Å². The lowest BCUT2D eigenvalue weighted by molar-refractivity contribution is 0.388. The van der Waals surface area contributed by atoms with Gasteiger partial charge in [-0.2, -0.15) is 0 Å². The quantitative estimate of drug-likeness (QED) is 0.853. The number of nitrogens with one attached hydrogen (secondary N) is 1. The number of thioether (sulfide) groups is 1. The standard InChI is InChI=1S/C17H21NOS2/c1-11-10-15(14-8-9-20-17(14)21-11)18-12(2)13-6-4-5-7-16(13)19-3/h4-9,11-12,15,18H,10H2,1-3H3/t11-,12-,15?/m0/s1. The van der Waals surface area contributed by atoms with E-state index >= 15 is 0 Å². The van der Waals surface area contributed by atoms with Crippen LogP contribution in [-0.2, 0) is 0 Å². The van der Waals surface area contributed by atoms with Crippen molar-refractivity contribution < 1.29 is 4.74 Å². The number of methoxy groups -OCH3 is 1. The van der Waals surface area contributed by atoms with Crippen LogP contribution < -0.4 is 10.1 Å². The van der Waals surface area contributed by atoms with Crippen molar-refractivity contribution in [2.45, 2.75) is 41.8 Å². The average molecular weight is 319 g/mol. The molecule has 0 fully saturated rings. The fourth-order valence-corrected chi connectivity index (χ4v) is 5.49. The highest BCUT2D eigenvalue weighted by molar-refractivity contribution is 8.01. The molecule has 1 aliphatic rings. The van der Waals surface area contributed by atoms with Crippen LogP contribution in [0.25, 0.3) is 0 Å². The third-order valence-electron chi connectivity index (χ3n) is 3.97. The molecule has 1 aromatic heterocycles. The number of hydrogen-bond donors (Lipinski definition) is 1. The minimum absolute atomic E-state index is 0.272. The first-order valence-electron chi connectivity index (χ1n) is 7.32. The van der Waals surface area contributed by atoms with Gasteiger partial charge in [-0.3, -0.25) is 0 Å². The van der Waals surface area contributed by atoms with E-state index < -0.39 is 0 Å². The first-order valence-corrected chi connectivity index (χ1v) is 9.08. The molecule has 0 saturated heterocycles. The van der Waals surface area contributed by atoms with Gasteiger partial charge in [0.15, 0.2) is 0 Å². The van der Waals surface area contributed by atoms with Crippen LogP contribution in [0.5, 0.6) is 5.75 Å². The molecule has 1 unspecified atom stereocenters. The van der Waals surface area contributed by atoms with Gasteiger partial charge in [-0.25, -0.2) is 0 Å². The predicted octanol–water partition coefficient (Wildman–Crippen LogP) is 5.03. The Morgan fingerprint density at radius 2 is 2.10 bits per heavy atom. The molecule has 0 saturated carbocycles. The molecule has 1 N–H and O–H groups in total. The number of hydrogen-bond acceptors (Lipinski definition) is 4. The third kappa shape index (κ3) is 3.12. The monoisotopic (exact) mass is 319 g/mol. The number of para-hydroxylation sites is 1. The van der Waals surface area contributed by atoms with Crippen molar-refractivity contribution in [1.29, 1.82) is 0 Å². The largest absolute Gasteiger partial charge is 0.496 e. The average Bonchev–Trinajstić information content (AvgIpc) is 2.95. The molecule has 0 amide bonds. The minimum Gasteiger partial charge on any atom is -0.496 e. The highest BCUT2D eigenvalue weighted by Crippen LogP contribution is 2.44. The summed E-state index contributed by atoms with van der Waals surface area (Å²) in [5, 5.41) is 6.67. The SMILES string of the molecule is COc1ccccc1[C@H](C)NC1C[C@H](C)Sc2sccc21. The summed E-state index contributed by atoms with van der Waals surface area (Å²) in [6, 6.07) is 11.2. The number of thiophene rings is 1. The second kappa shape index (κ2) is 6.42. The van der Waals surface area contributed by atoms with Gasteiger partial charge in [-0.1, -0.05) is 25.1 Å². The molecule has 1 aromatic carbocycles. The molecule has 4 heteroatoms. The summed E-state index contributed by atoms with van der Waals surface area (Å²) in [4.78, 5) is 0. The number of fused-ring (bicyclic) bond motifs is 1. The topological polar surface area (TPSA) is 21.3 Å². The Bertz CT molecular complexity index is 610. The molecule has 2 nitrogen and oxygen atoms in total. The van der Waals surface area contributed by atoms with Gasteiger partial charge in [-0.15, -0.1) is 23.1 Å². The third-order valence-corrected chi connectivity index (χ3v) is 6.31. The summed E-state index contributed by atoms with van der Waals surface area (Å²) >= 11 is 3.87. The molecular weight excluding hydrogens is 298 g/mol. The van der Waals surface area contributed by atoms with Crippen LogP contribution in [0, 0.1) is 0 Å². The van der Waals surface area contributed by atoms with E-state index in [1.807, 2.05) is 35.2 Å². The number of ether oxygens (including phenoxy) is 1. The summed E-state index contributed by atoms with van der Waals surface area (Å²) in [5.41, 5.74) is 2.69. The molecule has 0 bridgehead atoms. The summed E-state index contributed by atoms with van der Waals surface area (Å²) in [6.07, 6.45) is 1.17. The van der Waals surface area contributed by atoms with Crippen LogP contribution >= 0.6 is 23.1 Å². The summed E-state index contributed by atoms with van der Waals surface area (Å²) in [5.74, 6) is 0.960. The van der Waals surface area contributed by atoms with Crippen molar-refractivity contribution in [2.75, 3.05) is 7.11 Å². The second-order valence-electron chi connectivity index (χ2n) is 5.51. The van der Waals surface area contributed by atoms with Gasteiger partial charge in [0.2, 0.25) is 0 Å². The lowest BCUT2D eigenvalue weighted by Gasteiger charge is -2.30. The number of rotatable bonds is 4. The minimum atomic E-state index is 0.272. The molecule has 0 spiro atoms. The van der Waals surface area contributed by atoms with Crippen LogP contribution in [0.2, 0.25) is 0 Å². The molecule has 3 rings (SSSR count). The fraction of sp³-hybridized carbons (Fsp3) is 0.412. The van der Waals surface area contributed by atoms with Crippen LogP contribution in [0.15, 0.2) is 39.9 Å². The molecule has 0 radical (unpaired) electrons. The Morgan fingerprint density at radius 1 is 1.29 bits per heavy atom. The molecule has 0 aliphatic carbocycles. The van der Waals surface area contributed by atoms with Gasteiger partial charge >= 0.3 is 0 Å². The molecular formula is C17H21NOS2. The molecule has 2 heterocycles. The predicted molar refractivity (Wildman–Crippen MR) is 91.5 cm³/mol. The highest BCUT2D eigenvalue weighted by atomic mass is 32.2. The van der Waals surface area contributed by atoms with Gasteiger partial charge in [0, 0.05) is 22.9 Å². The zero-order valence-electron chi connectivity index (χ0n) is 12.6. The van der Waals surface area contributed by atoms with Crippen molar-refractivity contribution in [3.05, 3.63) is 46.8 Å². The highest BCUT2D eigenvalue weighted by Gasteiger charge is 2.27. The van der Waals surface area contributed by atoms with Crippen molar-refractivity contribution in [1.82, 2.24) is 5.32 Å². The van der Waals surface area contributed by atoms with E-state index in [9.17, 15) is 0 Å². The van der Waals surface area contributed by atoms with Crippen molar-refractivity contribution in [3.8, 4) is 5.75 Å². The van der Waals surface area contributed by atoms with Crippen LogP contribution in [0.1, 0.15) is 43.5 Å². The van der Waals surface area contributed by atoms with E-state index in [1.54, 1.807) is 7.11 Å². The maximum absolute atomic E-state index is 5.49. The Hall–Kier alpha value is -0.970. The molecule has 3 atom stereocenters. The van der Waals surface area contributed by atoms with Gasteiger partial charge in [-0.05, 0) is 36.4 Å². The summed E-state index contributed by atoms with van der Waals surface area (Å²) in [6.45, 7) is 4.53. The van der Waals surface area contributed by atoms with E-state index in [4.69, 9.17) is 4.74 Å². The molecule has 21 heavy (non-hydrogen) atoms. The lowest BCUT2D eigenvalue weighted by Crippen LogP contribution is -2.29. The van der Waals surface area contributed by atoms with Crippen LogP contribution in [-0.4, -0.2) is 12.4 Å². The van der Waals surface area contributed by atoms with E-state index in [2.05, 4.69) is 42.7 Å². The maximum Gasteiger partial charge on any atom is 0.123 e. The van der Waals surface area contributed by atoms with E-state index in [-0.39, 0.29) is 6.04 Å². The van der Waals surface area contributed by atoms with Crippen molar-refractivity contribution >= 4 is 23.1 Å². The zero-order valence-corrected chi connectivity index (χ0v) is 14.3. The summed E-state index contributed by atoms with van der Waals surface area (Å²) < 4.78 is 6.96. The molecule has 1 aliphatic heterocycles. The fourth-order valence-electron chi connectivity index (χ4n) is 2.92. The Labute approximate surface area is 134 Å². The first-order chi connectivity index (χ1) is 10.2. The van der Waals surface area contributed by atoms with Gasteiger partial charge < -0.3 is 10.1 Å². The lowest BCUT2D eigenvalue weighted by atomic mass is 10.0. The van der Waals surface area contributed by atoms with Crippen molar-refractivity contribution in [3.63, 3.8) is 0 Å². The van der Waals surface area contributed by atoms with Crippen LogP contribution in [0.3, 0.4) is 0 Å². The normalized spacial score (nSPS) is 22.6. The zero-order chi connectivity index (χ0) is 14.8. The maximum atomic E-state index is 5.49. The van der Waals surface area contributed by atoms with E-state index in [1.165, 1.54) is 21.8 Å². The smallest absolute Gasteiger partial charge is 0.123 e. The Balaban J connectivity index is 1.81. The van der Waals surface area contributed by atoms with Gasteiger partial charge in [0.25, 0.3) is 0 Å². The second-order valence-corrected chi connectivity index (χ2v) is 8.13. The van der Waals surface area contributed by atoms with Gasteiger partial charge in [0.1, 0.15) is 5.75 Å². The summed E-state index contributed by atoms with van der Waals surface area (Å²) in [7, 11) is 1.74. The molecule has 112 valence electrons. The van der Waals surface area contributed by atoms with E-state index in [0.29, 0.717) is 11.3 Å². The Kier molecular flexibility index (Phi) is 4.57.